The van der Waals surface area contributed by atoms with Gasteiger partial charge in [-0.1, -0.05) is 5.16 Å². The summed E-state index contributed by atoms with van der Waals surface area (Å²) >= 11 is 1.42. The van der Waals surface area contributed by atoms with E-state index in [1.165, 1.54) is 17.6 Å². The molecule has 0 saturated carbocycles. The predicted molar refractivity (Wildman–Crippen MR) is 96.2 cm³/mol. The molecule has 8 heteroatoms. The van der Waals surface area contributed by atoms with E-state index in [9.17, 15) is 4.79 Å². The van der Waals surface area contributed by atoms with E-state index in [4.69, 9.17) is 18.7 Å². The number of nitrogens with zero attached hydrogens (tertiary/aromatic N) is 2. The van der Waals surface area contributed by atoms with Crippen molar-refractivity contribution in [1.29, 1.82) is 0 Å². The van der Waals surface area contributed by atoms with Gasteiger partial charge in [-0.2, -0.15) is 0 Å². The number of methoxy groups -OCH3 is 1. The summed E-state index contributed by atoms with van der Waals surface area (Å²) in [5.41, 5.74) is 1.48. The number of aromatic nitrogens is 1. The van der Waals surface area contributed by atoms with Gasteiger partial charge in [-0.05, 0) is 42.0 Å². The van der Waals surface area contributed by atoms with Crippen LogP contribution in [0, 0.1) is 0 Å². The second-order valence-corrected chi connectivity index (χ2v) is 5.92. The molecular weight excluding hydrogens is 356 g/mol. The summed E-state index contributed by atoms with van der Waals surface area (Å²) in [7, 11) is 1.60. The molecule has 0 fully saturated rings. The average molecular weight is 372 g/mol. The molecule has 3 rings (SSSR count). The topological polar surface area (TPSA) is 83.2 Å². The molecule has 0 spiro atoms. The zero-order chi connectivity index (χ0) is 18.2. The highest BCUT2D eigenvalue weighted by Crippen LogP contribution is 2.24. The highest BCUT2D eigenvalue weighted by atomic mass is 32.1. The maximum absolute atomic E-state index is 11.7. The first-order valence-electron chi connectivity index (χ1n) is 7.68. The van der Waals surface area contributed by atoms with Crippen LogP contribution < -0.4 is 4.74 Å². The molecule has 0 bridgehead atoms. The van der Waals surface area contributed by atoms with Gasteiger partial charge >= 0.3 is 5.97 Å². The Morgan fingerprint density at radius 1 is 1.31 bits per heavy atom. The van der Waals surface area contributed by atoms with E-state index < -0.39 is 5.97 Å². The predicted octanol–water partition coefficient (Wildman–Crippen LogP) is 3.51. The van der Waals surface area contributed by atoms with E-state index >= 15 is 0 Å². The number of furan rings is 1. The molecule has 0 radical (unpaired) electrons. The summed E-state index contributed by atoms with van der Waals surface area (Å²) in [4.78, 5) is 20.9. The first-order valence-corrected chi connectivity index (χ1v) is 8.56. The van der Waals surface area contributed by atoms with Gasteiger partial charge in [-0.15, -0.1) is 11.3 Å². The normalized spacial score (nSPS) is 10.8. The van der Waals surface area contributed by atoms with Crippen LogP contribution in [0.3, 0.4) is 0 Å². The quantitative estimate of drug-likeness (QED) is 0.342. The number of ether oxygens (including phenoxy) is 2. The molecular formula is C18H16N2O5S. The number of carbonyl (C=O) groups excluding carboxylic acids is 1. The third-order valence-electron chi connectivity index (χ3n) is 3.24. The van der Waals surface area contributed by atoms with E-state index in [1.807, 2.05) is 23.6 Å². The van der Waals surface area contributed by atoms with Crippen molar-refractivity contribution < 1.29 is 23.5 Å². The van der Waals surface area contributed by atoms with Crippen molar-refractivity contribution in [3.8, 4) is 16.5 Å². The number of benzene rings is 1. The Kier molecular flexibility index (Phi) is 6.00. The van der Waals surface area contributed by atoms with Crippen LogP contribution in [0.4, 0.5) is 0 Å². The monoisotopic (exact) mass is 372 g/mol. The van der Waals surface area contributed by atoms with Gasteiger partial charge in [0.1, 0.15) is 12.4 Å². The van der Waals surface area contributed by atoms with Gasteiger partial charge in [0.25, 0.3) is 0 Å². The molecule has 0 N–H and O–H groups in total. The van der Waals surface area contributed by atoms with E-state index in [-0.39, 0.29) is 13.2 Å². The van der Waals surface area contributed by atoms with Crippen LogP contribution in [0.15, 0.2) is 57.6 Å². The molecule has 0 atom stereocenters. The molecule has 0 amide bonds. The summed E-state index contributed by atoms with van der Waals surface area (Å²) < 4.78 is 15.4. The van der Waals surface area contributed by atoms with Gasteiger partial charge < -0.3 is 18.7 Å². The molecule has 134 valence electrons. The lowest BCUT2D eigenvalue weighted by molar-refractivity contribution is -0.150. The Morgan fingerprint density at radius 3 is 2.88 bits per heavy atom. The van der Waals surface area contributed by atoms with E-state index in [2.05, 4.69) is 10.1 Å². The second kappa shape index (κ2) is 8.82. The maximum Gasteiger partial charge on any atom is 0.347 e. The Bertz CT molecular complexity index is 856. The summed E-state index contributed by atoms with van der Waals surface area (Å²) in [6.07, 6.45) is 3.09. The molecule has 2 aromatic heterocycles. The molecule has 2 heterocycles. The van der Waals surface area contributed by atoms with Crippen molar-refractivity contribution in [2.45, 2.75) is 6.61 Å². The number of esters is 1. The van der Waals surface area contributed by atoms with E-state index in [1.54, 1.807) is 31.6 Å². The zero-order valence-corrected chi connectivity index (χ0v) is 14.8. The number of hydrogen-bond donors (Lipinski definition) is 0. The number of rotatable bonds is 8. The third kappa shape index (κ3) is 4.93. The molecule has 3 aromatic rings. The van der Waals surface area contributed by atoms with Gasteiger partial charge in [0.15, 0.2) is 10.8 Å². The smallest absolute Gasteiger partial charge is 0.347 e. The SMILES string of the molecule is COc1ccc(/C=N/OCC(=O)OCc2csc(-c3ccco3)n2)cc1. The largest absolute Gasteiger partial charge is 0.497 e. The van der Waals surface area contributed by atoms with Crippen LogP contribution in [-0.2, 0) is 21.0 Å². The standard InChI is InChI=1S/C18H16N2O5S/c1-22-15-6-4-13(5-7-15)9-19-25-11-17(21)24-10-14-12-26-18(20-14)16-3-2-8-23-16/h2-9,12H,10-11H2,1H3/b19-9+. The fraction of sp³-hybridized carbons (Fsp3) is 0.167. The molecule has 7 nitrogen and oxygen atoms in total. The number of carbonyl (C=O) groups is 1. The lowest BCUT2D eigenvalue weighted by atomic mass is 10.2. The van der Waals surface area contributed by atoms with Gasteiger partial charge in [-0.3, -0.25) is 0 Å². The van der Waals surface area contributed by atoms with Crippen LogP contribution in [0.1, 0.15) is 11.3 Å². The highest BCUT2D eigenvalue weighted by molar-refractivity contribution is 7.13. The Labute approximate surface area is 153 Å². The molecule has 0 aliphatic carbocycles. The minimum absolute atomic E-state index is 0.0710. The number of oxime groups is 1. The molecule has 0 unspecified atom stereocenters. The van der Waals surface area contributed by atoms with Crippen LogP contribution in [0.5, 0.6) is 5.75 Å². The lowest BCUT2D eigenvalue weighted by Gasteiger charge is -2.02. The van der Waals surface area contributed by atoms with E-state index in [0.29, 0.717) is 11.5 Å². The van der Waals surface area contributed by atoms with Crippen LogP contribution >= 0.6 is 11.3 Å². The first-order chi connectivity index (χ1) is 12.7. The van der Waals surface area contributed by atoms with Crippen molar-refractivity contribution in [2.24, 2.45) is 5.16 Å². The minimum atomic E-state index is -0.524. The summed E-state index contributed by atoms with van der Waals surface area (Å²) in [5.74, 6) is 0.914. The number of hydrogen-bond acceptors (Lipinski definition) is 8. The fourth-order valence-electron chi connectivity index (χ4n) is 1.96. The number of thiazole rings is 1. The van der Waals surface area contributed by atoms with Gasteiger partial charge in [0, 0.05) is 5.38 Å². The van der Waals surface area contributed by atoms with Crippen LogP contribution in [0.25, 0.3) is 10.8 Å². The summed E-state index contributed by atoms with van der Waals surface area (Å²) in [6, 6.07) is 10.9. The highest BCUT2D eigenvalue weighted by Gasteiger charge is 2.09. The van der Waals surface area contributed by atoms with E-state index in [0.717, 1.165) is 16.3 Å². The zero-order valence-electron chi connectivity index (χ0n) is 14.0. The molecule has 1 aromatic carbocycles. The minimum Gasteiger partial charge on any atom is -0.497 e. The van der Waals surface area contributed by atoms with Gasteiger partial charge in [0.05, 0.1) is 25.3 Å². The van der Waals surface area contributed by atoms with Crippen molar-refractivity contribution in [1.82, 2.24) is 4.98 Å². The Balaban J connectivity index is 1.39. The first kappa shape index (κ1) is 17.7. The molecule has 26 heavy (non-hydrogen) atoms. The van der Waals surface area contributed by atoms with Crippen molar-refractivity contribution in [2.75, 3.05) is 13.7 Å². The lowest BCUT2D eigenvalue weighted by Crippen LogP contribution is -2.11. The Morgan fingerprint density at radius 2 is 2.15 bits per heavy atom. The summed E-state index contributed by atoms with van der Waals surface area (Å²) in [5, 5.41) is 6.29. The van der Waals surface area contributed by atoms with Gasteiger partial charge in [0.2, 0.25) is 6.61 Å². The fourth-order valence-corrected chi connectivity index (χ4v) is 2.73. The molecule has 0 saturated heterocycles. The van der Waals surface area contributed by atoms with Crippen molar-refractivity contribution in [3.63, 3.8) is 0 Å². The third-order valence-corrected chi connectivity index (χ3v) is 4.14. The maximum atomic E-state index is 11.7. The second-order valence-electron chi connectivity index (χ2n) is 5.06. The average Bonchev–Trinajstić information content (AvgIpc) is 3.35. The molecule has 0 aliphatic heterocycles. The summed E-state index contributed by atoms with van der Waals surface area (Å²) in [6.45, 7) is -0.205. The van der Waals surface area contributed by atoms with Crippen molar-refractivity contribution in [3.05, 3.63) is 59.3 Å². The Hall–Kier alpha value is -3.13. The van der Waals surface area contributed by atoms with Gasteiger partial charge in [-0.25, -0.2) is 9.78 Å². The van der Waals surface area contributed by atoms with Crippen LogP contribution in [-0.4, -0.2) is 30.9 Å². The van der Waals surface area contributed by atoms with Crippen LogP contribution in [0.2, 0.25) is 0 Å². The molecule has 0 aliphatic rings. The van der Waals surface area contributed by atoms with Crippen molar-refractivity contribution >= 4 is 23.5 Å².